The van der Waals surface area contributed by atoms with E-state index in [4.69, 9.17) is 0 Å². The zero-order chi connectivity index (χ0) is 14.0. The fourth-order valence-corrected chi connectivity index (χ4v) is 1.65. The average Bonchev–Trinajstić information content (AvgIpc) is 2.37. The minimum absolute atomic E-state index is 0.302. The molecule has 0 heterocycles. The van der Waals surface area contributed by atoms with Crippen molar-refractivity contribution in [3.05, 3.63) is 71.6 Å². The van der Waals surface area contributed by atoms with Crippen LogP contribution in [0.4, 0.5) is 18.9 Å². The summed E-state index contributed by atoms with van der Waals surface area (Å²) in [5.74, 6) is -2.15. The van der Waals surface area contributed by atoms with E-state index in [0.717, 1.165) is 12.1 Å². The van der Waals surface area contributed by atoms with Gasteiger partial charge < -0.3 is 5.32 Å². The lowest BCUT2D eigenvalue weighted by Gasteiger charge is -2.11. The Kier molecular flexibility index (Phi) is 3.60. The molecule has 0 atom stereocenters. The van der Waals surface area contributed by atoms with Crippen LogP contribution in [0.3, 0.4) is 0 Å². The van der Waals surface area contributed by atoms with Crippen molar-refractivity contribution >= 4 is 11.4 Å². The number of anilines is 1. The van der Waals surface area contributed by atoms with Gasteiger partial charge in [0.15, 0.2) is 11.6 Å². The van der Waals surface area contributed by atoms with E-state index in [1.807, 2.05) is 0 Å². The fraction of sp³-hybridized carbons (Fsp3) is 0.0667. The molecule has 4 heteroatoms. The molecule has 98 valence electrons. The van der Waals surface area contributed by atoms with Gasteiger partial charge in [-0.25, -0.2) is 13.2 Å². The van der Waals surface area contributed by atoms with E-state index in [1.165, 1.54) is 12.1 Å². The Labute approximate surface area is 109 Å². The topological polar surface area (TPSA) is 12.0 Å². The van der Waals surface area contributed by atoms with Crippen molar-refractivity contribution in [2.24, 2.45) is 0 Å². The van der Waals surface area contributed by atoms with Gasteiger partial charge in [-0.05, 0) is 48.4 Å². The van der Waals surface area contributed by atoms with Crippen LogP contribution in [-0.2, 0) is 0 Å². The summed E-state index contributed by atoms with van der Waals surface area (Å²) in [7, 11) is 0. The molecule has 0 unspecified atom stereocenters. The molecule has 0 aromatic heterocycles. The molecule has 19 heavy (non-hydrogen) atoms. The quantitative estimate of drug-likeness (QED) is 0.860. The molecular formula is C15H12F3N. The lowest BCUT2D eigenvalue weighted by molar-refractivity contribution is 0.509. The van der Waals surface area contributed by atoms with Gasteiger partial charge in [-0.15, -0.1) is 0 Å². The summed E-state index contributed by atoms with van der Waals surface area (Å²) in [6.45, 7) is 5.44. The standard InChI is InChI=1S/C15H12F3N/c1-9-7-11(3-5-13(9)16)10(2)19-12-4-6-14(17)15(18)8-12/h3-8,19H,2H2,1H3. The van der Waals surface area contributed by atoms with E-state index in [9.17, 15) is 13.2 Å². The van der Waals surface area contributed by atoms with Gasteiger partial charge in [0.25, 0.3) is 0 Å². The second-order valence-electron chi connectivity index (χ2n) is 4.20. The minimum atomic E-state index is -0.937. The van der Waals surface area contributed by atoms with Crippen LogP contribution in [0.15, 0.2) is 43.0 Å². The summed E-state index contributed by atoms with van der Waals surface area (Å²) < 4.78 is 39.0. The number of benzene rings is 2. The Morgan fingerprint density at radius 2 is 1.63 bits per heavy atom. The third kappa shape index (κ3) is 2.96. The van der Waals surface area contributed by atoms with Gasteiger partial charge in [0.05, 0.1) is 0 Å². The van der Waals surface area contributed by atoms with Crippen molar-refractivity contribution in [1.29, 1.82) is 0 Å². The molecule has 0 fully saturated rings. The predicted octanol–water partition coefficient (Wildman–Crippen LogP) is 4.50. The molecule has 0 spiro atoms. The first-order chi connectivity index (χ1) is 8.97. The summed E-state index contributed by atoms with van der Waals surface area (Å²) >= 11 is 0. The van der Waals surface area contributed by atoms with Crippen molar-refractivity contribution in [3.63, 3.8) is 0 Å². The average molecular weight is 263 g/mol. The predicted molar refractivity (Wildman–Crippen MR) is 70.2 cm³/mol. The highest BCUT2D eigenvalue weighted by atomic mass is 19.2. The lowest BCUT2D eigenvalue weighted by Crippen LogP contribution is -1.99. The molecule has 0 saturated carbocycles. The molecule has 0 aliphatic carbocycles. The summed E-state index contributed by atoms with van der Waals surface area (Å²) in [4.78, 5) is 0. The van der Waals surface area contributed by atoms with Crippen LogP contribution in [0, 0.1) is 24.4 Å². The van der Waals surface area contributed by atoms with E-state index in [1.54, 1.807) is 19.1 Å². The third-order valence-corrected chi connectivity index (χ3v) is 2.72. The highest BCUT2D eigenvalue weighted by molar-refractivity contribution is 5.75. The molecule has 1 N–H and O–H groups in total. The molecule has 0 radical (unpaired) electrons. The zero-order valence-corrected chi connectivity index (χ0v) is 10.3. The SMILES string of the molecule is C=C(Nc1ccc(F)c(F)c1)c1ccc(F)c(C)c1. The van der Waals surface area contributed by atoms with Crippen molar-refractivity contribution in [1.82, 2.24) is 0 Å². The summed E-state index contributed by atoms with van der Waals surface area (Å²) in [6, 6.07) is 8.00. The molecule has 2 rings (SSSR count). The maximum atomic E-state index is 13.1. The molecule has 0 aliphatic heterocycles. The van der Waals surface area contributed by atoms with Gasteiger partial charge in [0.2, 0.25) is 0 Å². The van der Waals surface area contributed by atoms with Crippen LogP contribution in [0.25, 0.3) is 5.70 Å². The van der Waals surface area contributed by atoms with E-state index >= 15 is 0 Å². The van der Waals surface area contributed by atoms with Gasteiger partial charge >= 0.3 is 0 Å². The summed E-state index contributed by atoms with van der Waals surface area (Å²) in [6.07, 6.45) is 0. The second-order valence-corrected chi connectivity index (χ2v) is 4.20. The van der Waals surface area contributed by atoms with Crippen molar-refractivity contribution in [3.8, 4) is 0 Å². The van der Waals surface area contributed by atoms with Crippen molar-refractivity contribution in [2.45, 2.75) is 6.92 Å². The molecule has 0 aliphatic rings. The summed E-state index contributed by atoms with van der Waals surface area (Å²) in [5.41, 5.74) is 2.04. The third-order valence-electron chi connectivity index (χ3n) is 2.72. The number of nitrogens with one attached hydrogen (secondary N) is 1. The Bertz CT molecular complexity index is 635. The van der Waals surface area contributed by atoms with Gasteiger partial charge in [-0.2, -0.15) is 0 Å². The number of aryl methyl sites for hydroxylation is 1. The molecule has 0 saturated heterocycles. The molecule has 2 aromatic carbocycles. The highest BCUT2D eigenvalue weighted by Crippen LogP contribution is 2.20. The maximum Gasteiger partial charge on any atom is 0.160 e. The van der Waals surface area contributed by atoms with E-state index < -0.39 is 11.6 Å². The Hall–Kier alpha value is -2.23. The minimum Gasteiger partial charge on any atom is -0.355 e. The first kappa shape index (κ1) is 13.2. The van der Waals surface area contributed by atoms with Crippen LogP contribution in [0.1, 0.15) is 11.1 Å². The van der Waals surface area contributed by atoms with E-state index in [2.05, 4.69) is 11.9 Å². The summed E-state index contributed by atoms with van der Waals surface area (Å²) in [5, 5.41) is 2.85. The van der Waals surface area contributed by atoms with Crippen LogP contribution >= 0.6 is 0 Å². The second kappa shape index (κ2) is 5.18. The van der Waals surface area contributed by atoms with Crippen LogP contribution in [-0.4, -0.2) is 0 Å². The normalized spacial score (nSPS) is 10.3. The monoisotopic (exact) mass is 263 g/mol. The van der Waals surface area contributed by atoms with Gasteiger partial charge in [0, 0.05) is 17.5 Å². The number of halogens is 3. The maximum absolute atomic E-state index is 13.1. The van der Waals surface area contributed by atoms with Crippen LogP contribution in [0.5, 0.6) is 0 Å². The molecule has 2 aromatic rings. The van der Waals surface area contributed by atoms with Gasteiger partial charge in [-0.3, -0.25) is 0 Å². The van der Waals surface area contributed by atoms with Gasteiger partial charge in [-0.1, -0.05) is 6.58 Å². The zero-order valence-electron chi connectivity index (χ0n) is 10.3. The Balaban J connectivity index is 2.20. The molecule has 0 amide bonds. The number of hydrogen-bond acceptors (Lipinski definition) is 1. The smallest absolute Gasteiger partial charge is 0.160 e. The van der Waals surface area contributed by atoms with Crippen LogP contribution < -0.4 is 5.32 Å². The van der Waals surface area contributed by atoms with Gasteiger partial charge in [0.1, 0.15) is 5.82 Å². The number of hydrogen-bond donors (Lipinski definition) is 1. The number of rotatable bonds is 3. The largest absolute Gasteiger partial charge is 0.355 e. The van der Waals surface area contributed by atoms with Crippen molar-refractivity contribution < 1.29 is 13.2 Å². The lowest BCUT2D eigenvalue weighted by atomic mass is 10.1. The molecular weight excluding hydrogens is 251 g/mol. The Morgan fingerprint density at radius 3 is 2.26 bits per heavy atom. The molecule has 0 bridgehead atoms. The highest BCUT2D eigenvalue weighted by Gasteiger charge is 2.06. The first-order valence-electron chi connectivity index (χ1n) is 5.65. The van der Waals surface area contributed by atoms with E-state index in [0.29, 0.717) is 22.5 Å². The first-order valence-corrected chi connectivity index (χ1v) is 5.65. The van der Waals surface area contributed by atoms with Crippen molar-refractivity contribution in [2.75, 3.05) is 5.32 Å². The van der Waals surface area contributed by atoms with Crippen LogP contribution in [0.2, 0.25) is 0 Å². The Morgan fingerprint density at radius 1 is 0.947 bits per heavy atom. The molecule has 1 nitrogen and oxygen atoms in total. The van der Waals surface area contributed by atoms with E-state index in [-0.39, 0.29) is 5.82 Å². The fourth-order valence-electron chi connectivity index (χ4n) is 1.65.